The summed E-state index contributed by atoms with van der Waals surface area (Å²) >= 11 is 0. The second-order valence-electron chi connectivity index (χ2n) is 10.5. The first kappa shape index (κ1) is 30.6. The molecule has 0 radical (unpaired) electrons. The van der Waals surface area contributed by atoms with Crippen LogP contribution in [0.4, 0.5) is 11.4 Å². The molecule has 2 amide bonds. The number of piperazine rings is 1. The van der Waals surface area contributed by atoms with Gasteiger partial charge in [-0.1, -0.05) is 30.3 Å². The molecular formula is C33H34N6O4. The van der Waals surface area contributed by atoms with Crippen molar-refractivity contribution in [1.29, 1.82) is 10.5 Å². The number of amides is 2. The molecule has 1 atom stereocenters. The number of carbonyl (C=O) groups is 3. The van der Waals surface area contributed by atoms with Crippen LogP contribution in [0.25, 0.3) is 0 Å². The number of rotatable bonds is 9. The summed E-state index contributed by atoms with van der Waals surface area (Å²) in [7, 11) is 0. The molecule has 3 aromatic rings. The molecule has 1 saturated heterocycles. The van der Waals surface area contributed by atoms with Crippen LogP contribution in [0.1, 0.15) is 45.1 Å². The summed E-state index contributed by atoms with van der Waals surface area (Å²) < 4.78 is 0. The first-order valence-electron chi connectivity index (χ1n) is 14.0. The van der Waals surface area contributed by atoms with E-state index in [1.807, 2.05) is 38.1 Å². The minimum atomic E-state index is -1.15. The van der Waals surface area contributed by atoms with Crippen LogP contribution >= 0.6 is 0 Å². The molecule has 1 unspecified atom stereocenters. The largest absolute Gasteiger partial charge is 0.480 e. The van der Waals surface area contributed by atoms with Gasteiger partial charge in [0.05, 0.1) is 29.0 Å². The maximum absolute atomic E-state index is 13.7. The number of anilines is 2. The Labute approximate surface area is 251 Å². The van der Waals surface area contributed by atoms with Gasteiger partial charge in [-0.05, 0) is 67.8 Å². The minimum Gasteiger partial charge on any atom is -0.480 e. The summed E-state index contributed by atoms with van der Waals surface area (Å²) in [6.07, 6.45) is 0. The predicted molar refractivity (Wildman–Crippen MR) is 162 cm³/mol. The van der Waals surface area contributed by atoms with Crippen molar-refractivity contribution in [2.45, 2.75) is 33.4 Å². The molecule has 0 aromatic heterocycles. The molecule has 10 heteroatoms. The molecule has 1 aliphatic heterocycles. The molecule has 3 aromatic carbocycles. The summed E-state index contributed by atoms with van der Waals surface area (Å²) in [6, 6.07) is 21.0. The zero-order valence-corrected chi connectivity index (χ0v) is 24.5. The Morgan fingerprint density at radius 3 is 2.21 bits per heavy atom. The molecule has 1 aliphatic rings. The average molecular weight is 579 g/mol. The summed E-state index contributed by atoms with van der Waals surface area (Å²) in [6.45, 7) is 7.12. The van der Waals surface area contributed by atoms with E-state index in [9.17, 15) is 30.0 Å². The number of carboxylic acid groups (broad SMARTS) is 1. The first-order chi connectivity index (χ1) is 20.6. The normalized spacial score (nSPS) is 13.4. The van der Waals surface area contributed by atoms with Crippen molar-refractivity contribution in [3.05, 3.63) is 94.0 Å². The highest BCUT2D eigenvalue weighted by Crippen LogP contribution is 2.24. The van der Waals surface area contributed by atoms with Crippen molar-refractivity contribution >= 4 is 29.2 Å². The quantitative estimate of drug-likeness (QED) is 0.389. The molecule has 43 heavy (non-hydrogen) atoms. The van der Waals surface area contributed by atoms with Crippen LogP contribution in [0.15, 0.2) is 60.7 Å². The van der Waals surface area contributed by atoms with Gasteiger partial charge in [-0.2, -0.15) is 10.5 Å². The Bertz CT molecular complexity index is 1610. The van der Waals surface area contributed by atoms with E-state index in [1.165, 1.54) is 11.8 Å². The van der Waals surface area contributed by atoms with Gasteiger partial charge in [0.1, 0.15) is 18.2 Å². The number of nitrogens with one attached hydrogen (secondary N) is 1. The summed E-state index contributed by atoms with van der Waals surface area (Å²) in [5.41, 5.74) is 5.12. The zero-order chi connectivity index (χ0) is 31.1. The van der Waals surface area contributed by atoms with Gasteiger partial charge in [0.15, 0.2) is 0 Å². The third kappa shape index (κ3) is 6.94. The topological polar surface area (TPSA) is 141 Å². The smallest absolute Gasteiger partial charge is 0.326 e. The number of nitrogens with zero attached hydrogens (tertiary/aromatic N) is 5. The molecule has 4 rings (SSSR count). The number of hydrogen-bond acceptors (Lipinski definition) is 7. The fourth-order valence-corrected chi connectivity index (χ4v) is 5.23. The van der Waals surface area contributed by atoms with Crippen LogP contribution in [0, 0.1) is 36.5 Å². The van der Waals surface area contributed by atoms with Gasteiger partial charge >= 0.3 is 5.97 Å². The lowest BCUT2D eigenvalue weighted by Gasteiger charge is -2.36. The molecule has 1 heterocycles. The molecule has 220 valence electrons. The lowest BCUT2D eigenvalue weighted by molar-refractivity contribution is -0.149. The molecule has 1 fully saturated rings. The first-order valence-corrected chi connectivity index (χ1v) is 14.0. The van der Waals surface area contributed by atoms with E-state index in [-0.39, 0.29) is 19.0 Å². The number of aliphatic carboxylic acids is 1. The van der Waals surface area contributed by atoms with E-state index in [1.54, 1.807) is 41.3 Å². The minimum absolute atomic E-state index is 0.00100. The molecule has 10 nitrogen and oxygen atoms in total. The molecule has 2 N–H and O–H groups in total. The number of carbonyl (C=O) groups excluding carboxylic acids is 2. The Balaban J connectivity index is 1.51. The van der Waals surface area contributed by atoms with Crippen LogP contribution in [0.3, 0.4) is 0 Å². The zero-order valence-electron chi connectivity index (χ0n) is 24.5. The van der Waals surface area contributed by atoms with E-state index in [4.69, 9.17) is 0 Å². The lowest BCUT2D eigenvalue weighted by atomic mass is 9.98. The third-order valence-corrected chi connectivity index (χ3v) is 7.81. The monoisotopic (exact) mass is 578 g/mol. The van der Waals surface area contributed by atoms with Gasteiger partial charge in [0, 0.05) is 38.3 Å². The maximum atomic E-state index is 13.7. The molecule has 0 bridgehead atoms. The SMILES string of the molecule is Cc1cc(C)c(C(=O)N2CCN(c3ccccc3C#N)CC2)cc1CN(C(=O)CNc1ccccc1C#N)C(C)C(=O)O. The lowest BCUT2D eigenvalue weighted by Crippen LogP contribution is -2.49. The van der Waals surface area contributed by atoms with Crippen molar-refractivity contribution in [3.63, 3.8) is 0 Å². The molecule has 0 spiro atoms. The van der Waals surface area contributed by atoms with Crippen molar-refractivity contribution in [2.75, 3.05) is 42.9 Å². The second kappa shape index (κ2) is 13.5. The average Bonchev–Trinajstić information content (AvgIpc) is 3.02. The standard InChI is InChI=1S/C33H34N6O4/c1-22-16-23(2)28(32(41)38-14-12-37(13-15-38)30-11-7-5-9-26(30)19-35)17-27(22)21-39(24(3)33(42)43)31(40)20-36-29-10-6-4-8-25(29)18-34/h4-11,16-17,24,36H,12-15,20-21H2,1-3H3,(H,42,43). The van der Waals surface area contributed by atoms with Crippen molar-refractivity contribution in [1.82, 2.24) is 9.80 Å². The van der Waals surface area contributed by atoms with Crippen molar-refractivity contribution in [2.24, 2.45) is 0 Å². The van der Waals surface area contributed by atoms with E-state index in [2.05, 4.69) is 22.4 Å². The van der Waals surface area contributed by atoms with Crippen LogP contribution in [0.5, 0.6) is 0 Å². The van der Waals surface area contributed by atoms with Crippen LogP contribution in [0.2, 0.25) is 0 Å². The van der Waals surface area contributed by atoms with E-state index in [0.717, 1.165) is 16.8 Å². The summed E-state index contributed by atoms with van der Waals surface area (Å²) in [5.74, 6) is -1.74. The highest BCUT2D eigenvalue weighted by atomic mass is 16.4. The Hall–Kier alpha value is -5.35. The maximum Gasteiger partial charge on any atom is 0.326 e. The molecular weight excluding hydrogens is 544 g/mol. The number of nitriles is 2. The van der Waals surface area contributed by atoms with E-state index >= 15 is 0 Å². The highest BCUT2D eigenvalue weighted by Gasteiger charge is 2.28. The Morgan fingerprint density at radius 2 is 1.56 bits per heavy atom. The van der Waals surface area contributed by atoms with Gasteiger partial charge in [-0.3, -0.25) is 9.59 Å². The van der Waals surface area contributed by atoms with E-state index in [0.29, 0.717) is 54.1 Å². The summed E-state index contributed by atoms with van der Waals surface area (Å²) in [4.78, 5) is 44.1. The van der Waals surface area contributed by atoms with Gasteiger partial charge in [0.2, 0.25) is 5.91 Å². The predicted octanol–water partition coefficient (Wildman–Crippen LogP) is 3.92. The Morgan fingerprint density at radius 1 is 0.930 bits per heavy atom. The molecule has 0 saturated carbocycles. The van der Waals surface area contributed by atoms with Gasteiger partial charge in [0.25, 0.3) is 5.91 Å². The van der Waals surface area contributed by atoms with Crippen molar-refractivity contribution in [3.8, 4) is 12.1 Å². The fourth-order valence-electron chi connectivity index (χ4n) is 5.23. The van der Waals surface area contributed by atoms with Gasteiger partial charge in [-0.15, -0.1) is 0 Å². The van der Waals surface area contributed by atoms with Crippen molar-refractivity contribution < 1.29 is 19.5 Å². The molecule has 0 aliphatic carbocycles. The van der Waals surface area contributed by atoms with Gasteiger partial charge in [-0.25, -0.2) is 4.79 Å². The number of carboxylic acids is 1. The third-order valence-electron chi connectivity index (χ3n) is 7.81. The number of hydrogen-bond donors (Lipinski definition) is 2. The fraction of sp³-hybridized carbons (Fsp3) is 0.303. The number of benzene rings is 3. The Kier molecular flexibility index (Phi) is 9.64. The number of para-hydroxylation sites is 2. The van der Waals surface area contributed by atoms with Crippen LogP contribution < -0.4 is 10.2 Å². The highest BCUT2D eigenvalue weighted by molar-refractivity contribution is 5.96. The second-order valence-corrected chi connectivity index (χ2v) is 10.5. The summed E-state index contributed by atoms with van der Waals surface area (Å²) in [5, 5.41) is 31.5. The van der Waals surface area contributed by atoms with E-state index < -0.39 is 17.9 Å². The van der Waals surface area contributed by atoms with Gasteiger partial charge < -0.3 is 25.1 Å². The number of aryl methyl sites for hydroxylation is 2. The van der Waals surface area contributed by atoms with Crippen LogP contribution in [-0.4, -0.2) is 71.5 Å². The van der Waals surface area contributed by atoms with Crippen LogP contribution in [-0.2, 0) is 16.1 Å².